The van der Waals surface area contributed by atoms with Gasteiger partial charge in [0.2, 0.25) is 5.91 Å². The first kappa shape index (κ1) is 22.8. The maximum Gasteiger partial charge on any atom is 0.410 e. The Morgan fingerprint density at radius 3 is 2.32 bits per heavy atom. The number of benzene rings is 1. The Balaban J connectivity index is 1.49. The molecule has 0 aliphatic carbocycles. The normalized spacial score (nSPS) is 15.1. The highest BCUT2D eigenvalue weighted by Crippen LogP contribution is 2.23. The van der Waals surface area contributed by atoms with Crippen LogP contribution in [0.2, 0.25) is 0 Å². The molecule has 1 aliphatic heterocycles. The molecule has 8 heteroatoms. The lowest BCUT2D eigenvalue weighted by molar-refractivity contribution is -0.116. The third kappa shape index (κ3) is 6.07. The van der Waals surface area contributed by atoms with Crippen molar-refractivity contribution in [1.82, 2.24) is 19.6 Å². The minimum absolute atomic E-state index is 0.0339. The monoisotopic (exact) mass is 427 g/mol. The number of nitrogens with zero attached hydrogens (tertiary/aromatic N) is 4. The van der Waals surface area contributed by atoms with Gasteiger partial charge in [-0.25, -0.2) is 9.48 Å². The van der Waals surface area contributed by atoms with Gasteiger partial charge in [0.1, 0.15) is 5.60 Å². The molecule has 2 heterocycles. The number of aromatic nitrogens is 2. The van der Waals surface area contributed by atoms with Crippen LogP contribution < -0.4 is 5.32 Å². The third-order valence-electron chi connectivity index (χ3n) is 5.24. The largest absolute Gasteiger partial charge is 0.444 e. The van der Waals surface area contributed by atoms with Crippen molar-refractivity contribution < 1.29 is 14.3 Å². The zero-order valence-electron chi connectivity index (χ0n) is 19.1. The number of amides is 2. The van der Waals surface area contributed by atoms with E-state index < -0.39 is 5.60 Å². The van der Waals surface area contributed by atoms with E-state index in [-0.39, 0.29) is 12.0 Å². The molecular weight excluding hydrogens is 394 g/mol. The lowest BCUT2D eigenvalue weighted by Gasteiger charge is -2.35. The first-order valence-electron chi connectivity index (χ1n) is 10.8. The van der Waals surface area contributed by atoms with Crippen molar-refractivity contribution in [2.45, 2.75) is 46.6 Å². The molecular formula is C23H33N5O3. The van der Waals surface area contributed by atoms with Crippen molar-refractivity contribution in [3.05, 3.63) is 41.7 Å². The Morgan fingerprint density at radius 2 is 1.71 bits per heavy atom. The summed E-state index contributed by atoms with van der Waals surface area (Å²) in [6.45, 7) is 12.8. The highest BCUT2D eigenvalue weighted by atomic mass is 16.6. The molecule has 168 valence electrons. The number of piperazine rings is 1. The third-order valence-corrected chi connectivity index (χ3v) is 5.24. The minimum atomic E-state index is -0.489. The maximum absolute atomic E-state index is 12.6. The molecule has 1 N–H and O–H groups in total. The second-order valence-corrected chi connectivity index (χ2v) is 8.90. The van der Waals surface area contributed by atoms with E-state index in [0.29, 0.717) is 26.1 Å². The smallest absolute Gasteiger partial charge is 0.410 e. The molecule has 1 fully saturated rings. The standard InChI is InChI=1S/C23H33N5O3/c1-17-21(18(2)28(25-17)19-9-7-6-8-10-19)24-20(29)11-12-26-13-15-27(16-14-26)22(30)31-23(3,4)5/h6-10H,11-16H2,1-5H3,(H,24,29). The highest BCUT2D eigenvalue weighted by molar-refractivity contribution is 5.92. The fourth-order valence-electron chi connectivity index (χ4n) is 3.59. The second-order valence-electron chi connectivity index (χ2n) is 8.90. The number of carbonyl (C=O) groups is 2. The van der Waals surface area contributed by atoms with Gasteiger partial charge >= 0.3 is 6.09 Å². The van der Waals surface area contributed by atoms with Crippen LogP contribution >= 0.6 is 0 Å². The maximum atomic E-state index is 12.6. The Morgan fingerprint density at radius 1 is 1.06 bits per heavy atom. The summed E-state index contributed by atoms with van der Waals surface area (Å²) in [5.74, 6) is -0.0339. The zero-order valence-corrected chi connectivity index (χ0v) is 19.1. The summed E-state index contributed by atoms with van der Waals surface area (Å²) in [7, 11) is 0. The molecule has 1 aromatic carbocycles. The van der Waals surface area contributed by atoms with Crippen molar-refractivity contribution in [3.63, 3.8) is 0 Å². The molecule has 2 amide bonds. The van der Waals surface area contributed by atoms with Gasteiger partial charge in [-0.1, -0.05) is 18.2 Å². The molecule has 1 aromatic heterocycles. The number of hydrogen-bond donors (Lipinski definition) is 1. The van der Waals surface area contributed by atoms with Crippen LogP contribution in [0.1, 0.15) is 38.6 Å². The molecule has 0 atom stereocenters. The molecule has 31 heavy (non-hydrogen) atoms. The molecule has 0 unspecified atom stereocenters. The van der Waals surface area contributed by atoms with Crippen molar-refractivity contribution in [1.29, 1.82) is 0 Å². The van der Waals surface area contributed by atoms with E-state index in [2.05, 4.69) is 15.3 Å². The average Bonchev–Trinajstić information content (AvgIpc) is 3.00. The van der Waals surface area contributed by atoms with Gasteiger partial charge in [-0.05, 0) is 46.8 Å². The van der Waals surface area contributed by atoms with E-state index in [4.69, 9.17) is 4.74 Å². The number of anilines is 1. The van der Waals surface area contributed by atoms with Gasteiger partial charge in [0.25, 0.3) is 0 Å². The quantitative estimate of drug-likeness (QED) is 0.791. The first-order chi connectivity index (χ1) is 14.6. The summed E-state index contributed by atoms with van der Waals surface area (Å²) in [6.07, 6.45) is 0.119. The summed E-state index contributed by atoms with van der Waals surface area (Å²) < 4.78 is 7.28. The lowest BCUT2D eigenvalue weighted by atomic mass is 10.2. The van der Waals surface area contributed by atoms with Crippen LogP contribution in [0.25, 0.3) is 5.69 Å². The van der Waals surface area contributed by atoms with Crippen LogP contribution in [0.3, 0.4) is 0 Å². The van der Waals surface area contributed by atoms with Gasteiger partial charge in [-0.2, -0.15) is 5.10 Å². The van der Waals surface area contributed by atoms with Crippen LogP contribution in [-0.2, 0) is 9.53 Å². The first-order valence-corrected chi connectivity index (χ1v) is 10.8. The topological polar surface area (TPSA) is 79.7 Å². The number of nitrogens with one attached hydrogen (secondary N) is 1. The molecule has 2 aromatic rings. The molecule has 8 nitrogen and oxygen atoms in total. The van der Waals surface area contributed by atoms with Crippen LogP contribution in [0.4, 0.5) is 10.5 Å². The summed E-state index contributed by atoms with van der Waals surface area (Å²) in [5, 5.41) is 7.60. The van der Waals surface area contributed by atoms with Gasteiger partial charge < -0.3 is 15.0 Å². The van der Waals surface area contributed by atoms with E-state index in [1.165, 1.54) is 0 Å². The fraction of sp³-hybridized carbons (Fsp3) is 0.522. The number of hydrogen-bond acceptors (Lipinski definition) is 5. The summed E-state index contributed by atoms with van der Waals surface area (Å²) in [4.78, 5) is 28.7. The highest BCUT2D eigenvalue weighted by Gasteiger charge is 2.26. The van der Waals surface area contributed by atoms with Gasteiger partial charge in [-0.15, -0.1) is 0 Å². The fourth-order valence-corrected chi connectivity index (χ4v) is 3.59. The Kier molecular flexibility index (Phi) is 7.00. The summed E-state index contributed by atoms with van der Waals surface area (Å²) >= 11 is 0. The van der Waals surface area contributed by atoms with E-state index in [1.54, 1.807) is 4.90 Å². The number of aryl methyl sites for hydroxylation is 1. The van der Waals surface area contributed by atoms with Crippen molar-refractivity contribution in [2.24, 2.45) is 0 Å². The predicted molar refractivity (Wildman–Crippen MR) is 121 cm³/mol. The van der Waals surface area contributed by atoms with E-state index in [0.717, 1.165) is 35.9 Å². The van der Waals surface area contributed by atoms with Gasteiger partial charge in [-0.3, -0.25) is 9.69 Å². The molecule has 0 radical (unpaired) electrons. The molecule has 0 spiro atoms. The second kappa shape index (κ2) is 9.51. The SMILES string of the molecule is Cc1nn(-c2ccccc2)c(C)c1NC(=O)CCN1CCN(C(=O)OC(C)(C)C)CC1. The Hall–Kier alpha value is -2.87. The van der Waals surface area contributed by atoms with E-state index >= 15 is 0 Å². The van der Waals surface area contributed by atoms with Crippen LogP contribution in [0.5, 0.6) is 0 Å². The summed E-state index contributed by atoms with van der Waals surface area (Å²) in [5.41, 5.74) is 2.94. The lowest BCUT2D eigenvalue weighted by Crippen LogP contribution is -2.50. The van der Waals surface area contributed by atoms with E-state index in [9.17, 15) is 9.59 Å². The number of rotatable bonds is 5. The molecule has 0 saturated carbocycles. The van der Waals surface area contributed by atoms with Crippen LogP contribution in [0, 0.1) is 13.8 Å². The van der Waals surface area contributed by atoms with Crippen LogP contribution in [0.15, 0.2) is 30.3 Å². The Labute approximate surface area is 184 Å². The minimum Gasteiger partial charge on any atom is -0.444 e. The van der Waals surface area contributed by atoms with Gasteiger partial charge in [0, 0.05) is 39.1 Å². The average molecular weight is 428 g/mol. The zero-order chi connectivity index (χ0) is 22.6. The number of para-hydroxylation sites is 1. The number of carbonyl (C=O) groups excluding carboxylic acids is 2. The summed E-state index contributed by atoms with van der Waals surface area (Å²) in [6, 6.07) is 9.87. The predicted octanol–water partition coefficient (Wildman–Crippen LogP) is 3.37. The van der Waals surface area contributed by atoms with Crippen LogP contribution in [-0.4, -0.2) is 69.9 Å². The van der Waals surface area contributed by atoms with Crippen molar-refractivity contribution in [2.75, 3.05) is 38.0 Å². The molecule has 3 rings (SSSR count). The van der Waals surface area contributed by atoms with Gasteiger partial charge in [0.15, 0.2) is 0 Å². The van der Waals surface area contributed by atoms with E-state index in [1.807, 2.05) is 69.6 Å². The van der Waals surface area contributed by atoms with Crippen molar-refractivity contribution >= 4 is 17.7 Å². The molecule has 1 saturated heterocycles. The molecule has 1 aliphatic rings. The van der Waals surface area contributed by atoms with Crippen molar-refractivity contribution in [3.8, 4) is 5.69 Å². The Bertz CT molecular complexity index is 909. The van der Waals surface area contributed by atoms with Gasteiger partial charge in [0.05, 0.1) is 22.8 Å². The molecule has 0 bridgehead atoms. The number of ether oxygens (including phenoxy) is 1.